The molecule has 1 heterocycles. The number of nitrogens with zero attached hydrogens (tertiary/aromatic N) is 1. The molecule has 0 radical (unpaired) electrons. The number of aromatic nitrogens is 2. The summed E-state index contributed by atoms with van der Waals surface area (Å²) in [7, 11) is 0. The highest BCUT2D eigenvalue weighted by Gasteiger charge is 2.10. The lowest BCUT2D eigenvalue weighted by Gasteiger charge is -2.07. The summed E-state index contributed by atoms with van der Waals surface area (Å²) in [6.07, 6.45) is 3.57. The van der Waals surface area contributed by atoms with Crippen molar-refractivity contribution in [1.29, 1.82) is 0 Å². The lowest BCUT2D eigenvalue weighted by atomic mass is 10.2. The Kier molecular flexibility index (Phi) is 4.81. The molecule has 5 heteroatoms. The lowest BCUT2D eigenvalue weighted by molar-refractivity contribution is 0.0952. The molecule has 0 aliphatic heterocycles. The van der Waals surface area contributed by atoms with Gasteiger partial charge in [-0.15, -0.1) is 0 Å². The third-order valence-corrected chi connectivity index (χ3v) is 3.37. The molecule has 1 unspecified atom stereocenters. The molecule has 0 bridgehead atoms. The standard InChI is InChI=1S/C10H16BrN3O/c1-3-8(11)4-5-12-10(15)9-6-13-14-7(9)2/h6,8H,3-5H2,1-2H3,(H,12,15)(H,13,14). The van der Waals surface area contributed by atoms with Crippen LogP contribution in [0.25, 0.3) is 0 Å². The van der Waals surface area contributed by atoms with E-state index in [1.807, 2.05) is 6.92 Å². The second-order valence-electron chi connectivity index (χ2n) is 3.46. The van der Waals surface area contributed by atoms with E-state index in [2.05, 4.69) is 38.4 Å². The third-order valence-electron chi connectivity index (χ3n) is 2.26. The number of aromatic amines is 1. The number of halogens is 1. The SMILES string of the molecule is CCC(Br)CCNC(=O)c1cn[nH]c1C. The van der Waals surface area contributed by atoms with E-state index in [4.69, 9.17) is 0 Å². The molecule has 0 spiro atoms. The van der Waals surface area contributed by atoms with Gasteiger partial charge in [0.25, 0.3) is 5.91 Å². The monoisotopic (exact) mass is 273 g/mol. The predicted molar refractivity (Wildman–Crippen MR) is 63.3 cm³/mol. The summed E-state index contributed by atoms with van der Waals surface area (Å²) in [5.74, 6) is -0.0583. The highest BCUT2D eigenvalue weighted by Crippen LogP contribution is 2.08. The van der Waals surface area contributed by atoms with Crippen LogP contribution in [-0.2, 0) is 0 Å². The number of hydrogen-bond acceptors (Lipinski definition) is 2. The second kappa shape index (κ2) is 5.90. The average Bonchev–Trinajstić information content (AvgIpc) is 2.64. The van der Waals surface area contributed by atoms with Gasteiger partial charge in [-0.1, -0.05) is 22.9 Å². The molecule has 1 rings (SSSR count). The van der Waals surface area contributed by atoms with E-state index in [1.165, 1.54) is 0 Å². The van der Waals surface area contributed by atoms with E-state index in [0.717, 1.165) is 18.5 Å². The fourth-order valence-electron chi connectivity index (χ4n) is 1.22. The molecule has 84 valence electrons. The minimum absolute atomic E-state index is 0.0583. The zero-order valence-corrected chi connectivity index (χ0v) is 10.6. The minimum atomic E-state index is -0.0583. The summed E-state index contributed by atoms with van der Waals surface area (Å²) < 4.78 is 0. The molecule has 0 aliphatic rings. The van der Waals surface area contributed by atoms with Crippen molar-refractivity contribution in [3.8, 4) is 0 Å². The number of carbonyl (C=O) groups excluding carboxylic acids is 1. The molecule has 1 aromatic heterocycles. The average molecular weight is 274 g/mol. The maximum Gasteiger partial charge on any atom is 0.254 e. The van der Waals surface area contributed by atoms with E-state index in [0.29, 0.717) is 16.9 Å². The number of alkyl halides is 1. The van der Waals surface area contributed by atoms with E-state index in [-0.39, 0.29) is 5.91 Å². The van der Waals surface area contributed by atoms with Gasteiger partial charge in [-0.05, 0) is 19.8 Å². The number of H-pyrrole nitrogens is 1. The molecular formula is C10H16BrN3O. The number of hydrogen-bond donors (Lipinski definition) is 2. The highest BCUT2D eigenvalue weighted by molar-refractivity contribution is 9.09. The van der Waals surface area contributed by atoms with Crippen LogP contribution in [0.3, 0.4) is 0 Å². The zero-order valence-electron chi connectivity index (χ0n) is 9.01. The Morgan fingerprint density at radius 2 is 2.47 bits per heavy atom. The summed E-state index contributed by atoms with van der Waals surface area (Å²) >= 11 is 3.52. The molecule has 15 heavy (non-hydrogen) atoms. The minimum Gasteiger partial charge on any atom is -0.352 e. The first-order chi connectivity index (χ1) is 7.15. The van der Waals surface area contributed by atoms with Gasteiger partial charge in [0.1, 0.15) is 0 Å². The highest BCUT2D eigenvalue weighted by atomic mass is 79.9. The summed E-state index contributed by atoms with van der Waals surface area (Å²) in [6.45, 7) is 4.63. The third kappa shape index (κ3) is 3.66. The normalized spacial score (nSPS) is 12.5. The molecule has 0 saturated heterocycles. The van der Waals surface area contributed by atoms with Crippen molar-refractivity contribution >= 4 is 21.8 Å². The van der Waals surface area contributed by atoms with Crippen molar-refractivity contribution < 1.29 is 4.79 Å². The Bertz CT molecular complexity index is 324. The number of nitrogens with one attached hydrogen (secondary N) is 2. The number of rotatable bonds is 5. The van der Waals surface area contributed by atoms with Crippen molar-refractivity contribution in [2.24, 2.45) is 0 Å². The van der Waals surface area contributed by atoms with Crippen LogP contribution in [0, 0.1) is 6.92 Å². The smallest absolute Gasteiger partial charge is 0.254 e. The fraction of sp³-hybridized carbons (Fsp3) is 0.600. The Labute approximate surface area is 98.0 Å². The Hall–Kier alpha value is -0.840. The van der Waals surface area contributed by atoms with Gasteiger partial charge < -0.3 is 5.32 Å². The van der Waals surface area contributed by atoms with Crippen LogP contribution in [0.4, 0.5) is 0 Å². The molecule has 1 amide bonds. The predicted octanol–water partition coefficient (Wildman–Crippen LogP) is 2.01. The Morgan fingerprint density at radius 3 is 3.00 bits per heavy atom. The van der Waals surface area contributed by atoms with Gasteiger partial charge in [0.05, 0.1) is 11.8 Å². The summed E-state index contributed by atoms with van der Waals surface area (Å²) in [4.78, 5) is 12.1. The van der Waals surface area contributed by atoms with Crippen molar-refractivity contribution in [3.05, 3.63) is 17.5 Å². The van der Waals surface area contributed by atoms with Crippen molar-refractivity contribution in [2.75, 3.05) is 6.54 Å². The van der Waals surface area contributed by atoms with Gasteiger partial charge in [-0.25, -0.2) is 0 Å². The van der Waals surface area contributed by atoms with Gasteiger partial charge in [-0.3, -0.25) is 9.89 Å². The molecule has 0 saturated carbocycles. The van der Waals surface area contributed by atoms with Crippen molar-refractivity contribution in [3.63, 3.8) is 0 Å². The van der Waals surface area contributed by atoms with Crippen LogP contribution < -0.4 is 5.32 Å². The molecule has 0 aliphatic carbocycles. The van der Waals surface area contributed by atoms with E-state index < -0.39 is 0 Å². The molecule has 1 atom stereocenters. The van der Waals surface area contributed by atoms with Gasteiger partial charge in [-0.2, -0.15) is 5.10 Å². The molecule has 0 aromatic carbocycles. The van der Waals surface area contributed by atoms with Gasteiger partial charge in [0, 0.05) is 17.1 Å². The van der Waals surface area contributed by atoms with Crippen molar-refractivity contribution in [1.82, 2.24) is 15.5 Å². The Morgan fingerprint density at radius 1 is 1.73 bits per heavy atom. The quantitative estimate of drug-likeness (QED) is 0.807. The van der Waals surface area contributed by atoms with Gasteiger partial charge in [0.2, 0.25) is 0 Å². The molecule has 4 nitrogen and oxygen atoms in total. The van der Waals surface area contributed by atoms with Crippen LogP contribution in [0.1, 0.15) is 35.8 Å². The second-order valence-corrected chi connectivity index (χ2v) is 4.75. The molecule has 0 fully saturated rings. The topological polar surface area (TPSA) is 57.8 Å². The molecule has 2 N–H and O–H groups in total. The maximum atomic E-state index is 11.6. The van der Waals surface area contributed by atoms with Gasteiger partial charge >= 0.3 is 0 Å². The fourth-order valence-corrected chi connectivity index (χ4v) is 1.45. The van der Waals surface area contributed by atoms with Crippen LogP contribution in [0.5, 0.6) is 0 Å². The van der Waals surface area contributed by atoms with Crippen LogP contribution in [0.2, 0.25) is 0 Å². The first-order valence-corrected chi connectivity index (χ1v) is 5.99. The van der Waals surface area contributed by atoms with E-state index in [9.17, 15) is 4.79 Å². The van der Waals surface area contributed by atoms with E-state index >= 15 is 0 Å². The summed E-state index contributed by atoms with van der Waals surface area (Å²) in [5.41, 5.74) is 1.43. The molecular weight excluding hydrogens is 258 g/mol. The lowest BCUT2D eigenvalue weighted by Crippen LogP contribution is -2.26. The number of aryl methyl sites for hydroxylation is 1. The first kappa shape index (κ1) is 12.2. The molecule has 1 aromatic rings. The largest absolute Gasteiger partial charge is 0.352 e. The zero-order chi connectivity index (χ0) is 11.3. The van der Waals surface area contributed by atoms with Crippen molar-refractivity contribution in [2.45, 2.75) is 31.5 Å². The first-order valence-electron chi connectivity index (χ1n) is 5.07. The number of carbonyl (C=O) groups is 1. The van der Waals surface area contributed by atoms with Crippen LogP contribution in [-0.4, -0.2) is 27.5 Å². The number of amides is 1. The summed E-state index contributed by atoms with van der Waals surface area (Å²) in [5, 5.41) is 9.41. The maximum absolute atomic E-state index is 11.6. The Balaban J connectivity index is 2.34. The van der Waals surface area contributed by atoms with Crippen LogP contribution in [0.15, 0.2) is 6.20 Å². The van der Waals surface area contributed by atoms with Gasteiger partial charge in [0.15, 0.2) is 0 Å². The summed E-state index contributed by atoms with van der Waals surface area (Å²) in [6, 6.07) is 0. The van der Waals surface area contributed by atoms with Crippen LogP contribution >= 0.6 is 15.9 Å². The van der Waals surface area contributed by atoms with E-state index in [1.54, 1.807) is 6.20 Å².